The number of pyridine rings is 1. The largest absolute Gasteiger partial charge is 0.341 e. The summed E-state index contributed by atoms with van der Waals surface area (Å²) in [6.45, 7) is 3.26. The van der Waals surface area contributed by atoms with E-state index in [1.54, 1.807) is 29.8 Å². The highest BCUT2D eigenvalue weighted by atomic mass is 16.2. The van der Waals surface area contributed by atoms with Gasteiger partial charge in [-0.1, -0.05) is 5.92 Å². The van der Waals surface area contributed by atoms with Crippen molar-refractivity contribution in [2.75, 3.05) is 18.0 Å². The summed E-state index contributed by atoms with van der Waals surface area (Å²) in [6.07, 6.45) is 3.38. The molecule has 10 heteroatoms. The summed E-state index contributed by atoms with van der Waals surface area (Å²) in [6, 6.07) is 5.36. The van der Waals surface area contributed by atoms with E-state index in [1.807, 2.05) is 4.90 Å². The molecule has 0 bridgehead atoms. The van der Waals surface area contributed by atoms with Crippen molar-refractivity contribution in [2.45, 2.75) is 38.9 Å². The second-order valence-corrected chi connectivity index (χ2v) is 7.77. The van der Waals surface area contributed by atoms with E-state index < -0.39 is 11.1 Å². The molecule has 4 heterocycles. The molecule has 3 aromatic rings. The van der Waals surface area contributed by atoms with E-state index >= 15 is 0 Å². The number of nitrogens with zero attached hydrogens (tertiary/aromatic N) is 7. The van der Waals surface area contributed by atoms with Gasteiger partial charge in [-0.3, -0.25) is 19.1 Å². The van der Waals surface area contributed by atoms with Crippen molar-refractivity contribution < 1.29 is 0 Å². The molecule has 32 heavy (non-hydrogen) atoms. The molecule has 1 atom stereocenters. The number of anilines is 1. The predicted octanol–water partition coefficient (Wildman–Crippen LogP) is 0.162. The molecule has 10 nitrogen and oxygen atoms in total. The molecule has 1 fully saturated rings. The van der Waals surface area contributed by atoms with Crippen molar-refractivity contribution in [3.8, 4) is 17.9 Å². The van der Waals surface area contributed by atoms with Gasteiger partial charge in [-0.25, -0.2) is 14.3 Å². The van der Waals surface area contributed by atoms with Crippen LogP contribution in [0.5, 0.6) is 0 Å². The fraction of sp³-hybridized carbons (Fsp3) is 0.409. The van der Waals surface area contributed by atoms with Crippen LogP contribution in [0.3, 0.4) is 0 Å². The topological polar surface area (TPSA) is 128 Å². The van der Waals surface area contributed by atoms with Crippen LogP contribution in [0.25, 0.3) is 11.0 Å². The van der Waals surface area contributed by atoms with Crippen molar-refractivity contribution in [1.29, 1.82) is 5.26 Å². The molecule has 0 spiro atoms. The van der Waals surface area contributed by atoms with Crippen LogP contribution in [-0.2, 0) is 20.1 Å². The minimum atomic E-state index is -0.403. The predicted molar refractivity (Wildman–Crippen MR) is 120 cm³/mol. The highest BCUT2D eigenvalue weighted by Gasteiger charge is 2.26. The lowest BCUT2D eigenvalue weighted by molar-refractivity contribution is 0.494. The summed E-state index contributed by atoms with van der Waals surface area (Å²) >= 11 is 0. The minimum absolute atomic E-state index is 0.00215. The zero-order valence-corrected chi connectivity index (χ0v) is 18.1. The minimum Gasteiger partial charge on any atom is -0.341 e. The van der Waals surface area contributed by atoms with Crippen LogP contribution in [0, 0.1) is 23.2 Å². The molecular formula is C22H24N8O2. The first kappa shape index (κ1) is 21.3. The molecular weight excluding hydrogens is 408 g/mol. The quantitative estimate of drug-likeness (QED) is 0.582. The van der Waals surface area contributed by atoms with E-state index in [-0.39, 0.29) is 30.2 Å². The van der Waals surface area contributed by atoms with Gasteiger partial charge in [-0.2, -0.15) is 5.26 Å². The molecule has 0 aliphatic carbocycles. The van der Waals surface area contributed by atoms with Gasteiger partial charge in [0.15, 0.2) is 5.52 Å². The number of aromatic nitrogens is 5. The Bertz CT molecular complexity index is 1400. The maximum Gasteiger partial charge on any atom is 0.293 e. The van der Waals surface area contributed by atoms with E-state index in [2.05, 4.69) is 27.9 Å². The number of hydrogen-bond acceptors (Lipinski definition) is 7. The van der Waals surface area contributed by atoms with E-state index in [4.69, 9.17) is 5.73 Å². The second kappa shape index (κ2) is 8.69. The molecule has 0 aromatic carbocycles. The van der Waals surface area contributed by atoms with E-state index in [9.17, 15) is 14.9 Å². The van der Waals surface area contributed by atoms with E-state index in [1.165, 1.54) is 16.4 Å². The summed E-state index contributed by atoms with van der Waals surface area (Å²) in [5.74, 6) is 6.36. The van der Waals surface area contributed by atoms with Crippen molar-refractivity contribution in [3.63, 3.8) is 0 Å². The molecule has 0 radical (unpaired) electrons. The van der Waals surface area contributed by atoms with E-state index in [0.29, 0.717) is 23.8 Å². The average molecular weight is 432 g/mol. The van der Waals surface area contributed by atoms with Crippen LogP contribution in [0.15, 0.2) is 27.9 Å². The Morgan fingerprint density at radius 3 is 2.84 bits per heavy atom. The normalized spacial score (nSPS) is 15.9. The fourth-order valence-corrected chi connectivity index (χ4v) is 4.05. The first-order valence-corrected chi connectivity index (χ1v) is 10.4. The van der Waals surface area contributed by atoms with Crippen LogP contribution in [0.1, 0.15) is 31.0 Å². The lowest BCUT2D eigenvalue weighted by Crippen LogP contribution is -2.44. The Labute approximate surface area is 184 Å². The summed E-state index contributed by atoms with van der Waals surface area (Å²) in [7, 11) is 1.51. The van der Waals surface area contributed by atoms with Crippen LogP contribution in [0.4, 0.5) is 5.95 Å². The Hall–Kier alpha value is -3.89. The first-order chi connectivity index (χ1) is 15.5. The smallest absolute Gasteiger partial charge is 0.293 e. The zero-order valence-electron chi connectivity index (χ0n) is 18.1. The third-order valence-corrected chi connectivity index (χ3v) is 5.71. The average Bonchev–Trinajstić information content (AvgIpc) is 3.19. The summed E-state index contributed by atoms with van der Waals surface area (Å²) in [4.78, 5) is 37.6. The van der Waals surface area contributed by atoms with E-state index in [0.717, 1.165) is 19.4 Å². The lowest BCUT2D eigenvalue weighted by atomic mass is 10.1. The Morgan fingerprint density at radius 2 is 2.12 bits per heavy atom. The number of nitriles is 1. The molecule has 1 saturated heterocycles. The third kappa shape index (κ3) is 3.66. The number of nitrogens with two attached hydrogens (primary N) is 1. The monoisotopic (exact) mass is 432 g/mol. The van der Waals surface area contributed by atoms with Gasteiger partial charge in [0.05, 0.1) is 24.3 Å². The van der Waals surface area contributed by atoms with Crippen LogP contribution < -0.4 is 21.8 Å². The summed E-state index contributed by atoms with van der Waals surface area (Å²) in [5, 5.41) is 9.38. The highest BCUT2D eigenvalue weighted by molar-refractivity contribution is 5.77. The van der Waals surface area contributed by atoms with Crippen molar-refractivity contribution in [1.82, 2.24) is 23.9 Å². The van der Waals surface area contributed by atoms with Gasteiger partial charge in [-0.05, 0) is 31.9 Å². The van der Waals surface area contributed by atoms with Crippen LogP contribution in [0.2, 0.25) is 0 Å². The molecule has 0 saturated carbocycles. The SMILES string of the molecule is CC#CCn1c(N2CCCC(N)C2)nc2c(=O)n(C)n(Cc3ncccc3C#N)c(=O)c21. The highest BCUT2D eigenvalue weighted by Crippen LogP contribution is 2.22. The van der Waals surface area contributed by atoms with Gasteiger partial charge in [0.25, 0.3) is 11.1 Å². The molecule has 2 N–H and O–H groups in total. The Morgan fingerprint density at radius 1 is 1.31 bits per heavy atom. The van der Waals surface area contributed by atoms with Gasteiger partial charge in [0.2, 0.25) is 5.95 Å². The third-order valence-electron chi connectivity index (χ3n) is 5.71. The van der Waals surface area contributed by atoms with Gasteiger partial charge < -0.3 is 10.6 Å². The van der Waals surface area contributed by atoms with Crippen LogP contribution in [-0.4, -0.2) is 43.0 Å². The molecule has 164 valence electrons. The number of fused-ring (bicyclic) bond motifs is 1. The first-order valence-electron chi connectivity index (χ1n) is 10.4. The number of piperidine rings is 1. The molecule has 1 aliphatic heterocycles. The Balaban J connectivity index is 1.94. The maximum absolute atomic E-state index is 13.6. The van der Waals surface area contributed by atoms with Crippen molar-refractivity contribution in [2.24, 2.45) is 12.8 Å². The van der Waals surface area contributed by atoms with Gasteiger partial charge in [0, 0.05) is 32.4 Å². The lowest BCUT2D eigenvalue weighted by Gasteiger charge is -2.31. The molecule has 3 aromatic heterocycles. The fourth-order valence-electron chi connectivity index (χ4n) is 4.05. The Kier molecular flexibility index (Phi) is 5.80. The van der Waals surface area contributed by atoms with Gasteiger partial charge >= 0.3 is 0 Å². The molecule has 4 rings (SSSR count). The van der Waals surface area contributed by atoms with Gasteiger partial charge in [-0.15, -0.1) is 5.92 Å². The summed E-state index contributed by atoms with van der Waals surface area (Å²) in [5.41, 5.74) is 6.41. The van der Waals surface area contributed by atoms with Crippen molar-refractivity contribution >= 4 is 17.0 Å². The standard InChI is InChI=1S/C22H24N8O2/c1-3-4-11-29-19-18(26-22(29)28-10-6-8-16(24)13-28)20(31)27(2)30(21(19)32)14-17-15(12-23)7-5-9-25-17/h5,7,9,16H,6,8,10-11,13-14,24H2,1-2H3. The second-order valence-electron chi connectivity index (χ2n) is 7.77. The molecule has 1 unspecified atom stereocenters. The maximum atomic E-state index is 13.6. The number of hydrogen-bond donors (Lipinski definition) is 1. The zero-order chi connectivity index (χ0) is 22.8. The molecule has 1 aliphatic rings. The summed E-state index contributed by atoms with van der Waals surface area (Å²) < 4.78 is 4.22. The molecule has 0 amide bonds. The number of imidazole rings is 1. The van der Waals surface area contributed by atoms with Crippen LogP contribution >= 0.6 is 0 Å². The van der Waals surface area contributed by atoms with Crippen molar-refractivity contribution in [3.05, 3.63) is 50.3 Å². The van der Waals surface area contributed by atoms with Gasteiger partial charge in [0.1, 0.15) is 11.6 Å². The number of rotatable bonds is 4.